The van der Waals surface area contributed by atoms with Gasteiger partial charge in [-0.05, 0) is 41.8 Å². The maximum Gasteiger partial charge on any atom is 0.387 e. The number of nitrogens with zero attached hydrogens (tertiary/aromatic N) is 1. The van der Waals surface area contributed by atoms with E-state index in [1.54, 1.807) is 6.92 Å². The van der Waals surface area contributed by atoms with E-state index in [-0.39, 0.29) is 72.9 Å². The molecule has 0 radical (unpaired) electrons. The summed E-state index contributed by atoms with van der Waals surface area (Å²) in [6.45, 7) is -2.08. The van der Waals surface area contributed by atoms with Gasteiger partial charge >= 0.3 is 6.61 Å². The average molecular weight is 453 g/mol. The Hall–Kier alpha value is -3.24. The summed E-state index contributed by atoms with van der Waals surface area (Å²) < 4.78 is 29.0. The summed E-state index contributed by atoms with van der Waals surface area (Å²) in [5.74, 6) is -2.20. The summed E-state index contributed by atoms with van der Waals surface area (Å²) in [5, 5.41) is 39.0. The van der Waals surface area contributed by atoms with Gasteiger partial charge in [-0.1, -0.05) is 6.92 Å². The molecule has 2 aromatic rings. The molecule has 32 heavy (non-hydrogen) atoms. The van der Waals surface area contributed by atoms with Crippen molar-refractivity contribution in [2.75, 3.05) is 26.3 Å². The number of carbonyl (C=O) groups excluding carboxylic acids is 2. The van der Waals surface area contributed by atoms with Gasteiger partial charge in [-0.25, -0.2) is 0 Å². The van der Waals surface area contributed by atoms with Gasteiger partial charge in [0.05, 0.1) is 25.2 Å². The van der Waals surface area contributed by atoms with E-state index in [1.165, 1.54) is 29.2 Å². The van der Waals surface area contributed by atoms with Gasteiger partial charge < -0.3 is 30.1 Å². The highest BCUT2D eigenvalue weighted by molar-refractivity contribution is 6.12. The fourth-order valence-electron chi connectivity index (χ4n) is 3.39. The fourth-order valence-corrected chi connectivity index (χ4v) is 3.39. The third kappa shape index (κ3) is 5.92. The minimum Gasteiger partial charge on any atom is -0.508 e. The number of ether oxygens (including phenoxy) is 1. The van der Waals surface area contributed by atoms with Crippen LogP contribution in [-0.4, -0.2) is 69.9 Å². The van der Waals surface area contributed by atoms with E-state index in [9.17, 15) is 28.6 Å². The molecule has 0 aliphatic rings. The lowest BCUT2D eigenvalue weighted by atomic mass is 9.89. The van der Waals surface area contributed by atoms with Gasteiger partial charge in [0, 0.05) is 24.7 Å². The molecule has 0 atom stereocenters. The maximum absolute atomic E-state index is 13.2. The van der Waals surface area contributed by atoms with Crippen molar-refractivity contribution < 1.29 is 43.5 Å². The van der Waals surface area contributed by atoms with Crippen LogP contribution >= 0.6 is 0 Å². The summed E-state index contributed by atoms with van der Waals surface area (Å²) in [5.41, 5.74) is 0.230. The lowest BCUT2D eigenvalue weighted by Crippen LogP contribution is -2.37. The maximum atomic E-state index is 13.2. The molecule has 0 aliphatic carbocycles. The van der Waals surface area contributed by atoms with Crippen LogP contribution in [0.5, 0.6) is 17.2 Å². The van der Waals surface area contributed by atoms with Gasteiger partial charge in [-0.2, -0.15) is 8.78 Å². The van der Waals surface area contributed by atoms with Crippen LogP contribution in [0.3, 0.4) is 0 Å². The molecule has 0 aliphatic heterocycles. The van der Waals surface area contributed by atoms with Crippen LogP contribution in [0.15, 0.2) is 30.3 Å². The number of hydrogen-bond acceptors (Lipinski definition) is 7. The Labute approximate surface area is 183 Å². The molecule has 0 bridgehead atoms. The summed E-state index contributed by atoms with van der Waals surface area (Å²) in [6, 6.07) is 5.84. The first-order chi connectivity index (χ1) is 15.2. The zero-order valence-electron chi connectivity index (χ0n) is 17.4. The Morgan fingerprint density at radius 1 is 1.00 bits per heavy atom. The average Bonchev–Trinajstić information content (AvgIpc) is 2.73. The second-order valence-corrected chi connectivity index (χ2v) is 6.84. The number of rotatable bonds is 11. The first-order valence-corrected chi connectivity index (χ1v) is 9.89. The van der Waals surface area contributed by atoms with E-state index in [0.717, 1.165) is 6.07 Å². The molecule has 0 heterocycles. The molecule has 10 heteroatoms. The molecule has 0 spiro atoms. The van der Waals surface area contributed by atoms with Crippen LogP contribution in [0.1, 0.15) is 34.0 Å². The quantitative estimate of drug-likeness (QED) is 0.383. The van der Waals surface area contributed by atoms with E-state index < -0.39 is 24.1 Å². The van der Waals surface area contributed by atoms with Gasteiger partial charge in [0.25, 0.3) is 0 Å². The zero-order valence-corrected chi connectivity index (χ0v) is 17.4. The van der Waals surface area contributed by atoms with Crippen molar-refractivity contribution >= 4 is 11.7 Å². The third-order valence-electron chi connectivity index (χ3n) is 4.85. The van der Waals surface area contributed by atoms with E-state index in [2.05, 4.69) is 4.74 Å². The number of aromatic hydroxyl groups is 2. The van der Waals surface area contributed by atoms with Crippen LogP contribution in [0.2, 0.25) is 0 Å². The van der Waals surface area contributed by atoms with Crippen molar-refractivity contribution in [1.82, 2.24) is 4.90 Å². The Morgan fingerprint density at radius 3 is 2.09 bits per heavy atom. The van der Waals surface area contributed by atoms with Crippen molar-refractivity contribution in [2.45, 2.75) is 26.4 Å². The summed E-state index contributed by atoms with van der Waals surface area (Å²) in [7, 11) is 0. The van der Waals surface area contributed by atoms with Gasteiger partial charge in [0.15, 0.2) is 5.78 Å². The van der Waals surface area contributed by atoms with E-state index in [1.807, 2.05) is 0 Å². The molecule has 4 N–H and O–H groups in total. The molecule has 8 nitrogen and oxygen atoms in total. The minimum atomic E-state index is -3.02. The van der Waals surface area contributed by atoms with Crippen LogP contribution in [0.4, 0.5) is 8.78 Å². The highest BCUT2D eigenvalue weighted by Gasteiger charge is 2.26. The molecule has 174 valence electrons. The molecule has 0 aromatic heterocycles. The summed E-state index contributed by atoms with van der Waals surface area (Å²) >= 11 is 0. The molecule has 0 saturated carbocycles. The predicted molar refractivity (Wildman–Crippen MR) is 110 cm³/mol. The fraction of sp³-hybridized carbons (Fsp3) is 0.364. The highest BCUT2D eigenvalue weighted by Crippen LogP contribution is 2.35. The highest BCUT2D eigenvalue weighted by atomic mass is 19.3. The number of phenolic OH excluding ortho intramolecular Hbond substituents is 2. The number of hydrogen-bond donors (Lipinski definition) is 4. The van der Waals surface area contributed by atoms with Crippen LogP contribution < -0.4 is 4.74 Å². The molecule has 0 saturated heterocycles. The Balaban J connectivity index is 2.50. The molecule has 2 aromatic carbocycles. The number of amides is 1. The van der Waals surface area contributed by atoms with Crippen molar-refractivity contribution in [1.29, 1.82) is 0 Å². The Kier molecular flexibility index (Phi) is 8.91. The molecule has 2 rings (SSSR count). The van der Waals surface area contributed by atoms with Crippen molar-refractivity contribution in [3.63, 3.8) is 0 Å². The first kappa shape index (κ1) is 25.0. The lowest BCUT2D eigenvalue weighted by Gasteiger charge is -2.23. The van der Waals surface area contributed by atoms with Crippen molar-refractivity contribution in [3.05, 3.63) is 52.6 Å². The topological polar surface area (TPSA) is 128 Å². The van der Waals surface area contributed by atoms with Gasteiger partial charge in [-0.3, -0.25) is 9.59 Å². The second-order valence-electron chi connectivity index (χ2n) is 6.84. The van der Waals surface area contributed by atoms with Gasteiger partial charge in [0.1, 0.15) is 17.2 Å². The number of alkyl halides is 2. The number of carbonyl (C=O) groups is 2. The number of halogens is 2. The van der Waals surface area contributed by atoms with Crippen molar-refractivity contribution in [3.8, 4) is 17.2 Å². The Morgan fingerprint density at radius 2 is 1.59 bits per heavy atom. The summed E-state index contributed by atoms with van der Waals surface area (Å²) in [4.78, 5) is 27.2. The first-order valence-electron chi connectivity index (χ1n) is 9.89. The molecular weight excluding hydrogens is 428 g/mol. The molecule has 1 amide bonds. The van der Waals surface area contributed by atoms with Gasteiger partial charge in [-0.15, -0.1) is 0 Å². The second kappa shape index (κ2) is 11.4. The minimum absolute atomic E-state index is 0.0411. The molecular formula is C22H25F2NO7. The van der Waals surface area contributed by atoms with Crippen LogP contribution in [-0.2, 0) is 17.6 Å². The van der Waals surface area contributed by atoms with E-state index in [0.29, 0.717) is 0 Å². The normalized spacial score (nSPS) is 10.9. The number of phenols is 2. The van der Waals surface area contributed by atoms with Crippen LogP contribution in [0.25, 0.3) is 0 Å². The number of aliphatic hydroxyl groups is 2. The monoisotopic (exact) mass is 453 g/mol. The Bertz CT molecular complexity index is 942. The number of aliphatic hydroxyl groups excluding tert-OH is 2. The smallest absolute Gasteiger partial charge is 0.387 e. The number of ketones is 1. The SMILES string of the molecule is CCc1c(O)cc(O)c(C(=O)c2ccc(OC(F)F)cc2)c1CC(=O)N(CCO)CCO. The molecule has 0 unspecified atom stereocenters. The van der Waals surface area contributed by atoms with Gasteiger partial charge in [0.2, 0.25) is 5.91 Å². The van der Waals surface area contributed by atoms with E-state index >= 15 is 0 Å². The van der Waals surface area contributed by atoms with Crippen molar-refractivity contribution in [2.24, 2.45) is 0 Å². The lowest BCUT2D eigenvalue weighted by molar-refractivity contribution is -0.131. The summed E-state index contributed by atoms with van der Waals surface area (Å²) in [6.07, 6.45) is -0.130. The number of benzene rings is 2. The largest absolute Gasteiger partial charge is 0.508 e. The van der Waals surface area contributed by atoms with Crippen LogP contribution in [0, 0.1) is 0 Å². The zero-order chi connectivity index (χ0) is 23.8. The predicted octanol–water partition coefficient (Wildman–Crippen LogP) is 1.85. The molecule has 0 fully saturated rings. The van der Waals surface area contributed by atoms with E-state index in [4.69, 9.17) is 10.2 Å². The third-order valence-corrected chi connectivity index (χ3v) is 4.85. The standard InChI is InChI=1S/C22H25F2NO7/c1-2-15-16(11-19(30)25(7-9-26)8-10-27)20(18(29)12-17(15)28)21(31)13-3-5-14(6-4-13)32-22(23)24/h3-6,12,22,26-29H,2,7-11H2,1H3.